The Hall–Kier alpha value is -5.30. The van der Waals surface area contributed by atoms with Crippen LogP contribution in [-0.4, -0.2) is 32.6 Å². The maximum absolute atomic E-state index is 13.5. The van der Waals surface area contributed by atoms with Crippen LogP contribution in [0, 0.1) is 11.7 Å². The van der Waals surface area contributed by atoms with E-state index >= 15 is 0 Å². The number of rotatable bonds is 3. The average molecular weight is 557 g/mol. The first-order chi connectivity index (χ1) is 20.3. The Morgan fingerprint density at radius 1 is 0.857 bits per heavy atom. The maximum Gasteiger partial charge on any atom is 0.335 e. The SMILES string of the molecule is CC1C(=O)C(Cc2ccc(F)cc2)C(=O)c2c1ccc1c2ccc2ccccc21.O=C(O)c1ccc2ncncc2c1. The lowest BCUT2D eigenvalue weighted by atomic mass is 9.72. The summed E-state index contributed by atoms with van der Waals surface area (Å²) < 4.78 is 13.2. The molecule has 206 valence electrons. The number of hydrogen-bond acceptors (Lipinski definition) is 5. The molecule has 6 nitrogen and oxygen atoms in total. The Morgan fingerprint density at radius 3 is 2.40 bits per heavy atom. The molecule has 0 radical (unpaired) electrons. The number of Topliss-reactive ketones (excluding diaryl/α,β-unsaturated/α-hetero) is 2. The molecule has 2 unspecified atom stereocenters. The van der Waals surface area contributed by atoms with Crippen LogP contribution in [0.15, 0.2) is 104 Å². The monoisotopic (exact) mass is 556 g/mol. The van der Waals surface area contributed by atoms with Gasteiger partial charge in [-0.3, -0.25) is 9.59 Å². The maximum atomic E-state index is 13.5. The molecule has 0 saturated heterocycles. The van der Waals surface area contributed by atoms with E-state index in [1.807, 2.05) is 43.3 Å². The van der Waals surface area contributed by atoms with Crippen molar-refractivity contribution in [3.8, 4) is 0 Å². The molecule has 1 heterocycles. The number of aromatic nitrogens is 2. The van der Waals surface area contributed by atoms with E-state index in [0.717, 1.165) is 43.6 Å². The standard InChI is InChI=1S/C26H19FO2.C9H6N2O2/c1-15-19-12-13-21-20-5-3-2-4-17(20)8-11-22(21)24(19)26(29)23(25(15)28)14-16-6-9-18(27)10-7-16;12-9(13)6-1-2-8-7(3-6)4-10-5-11-8/h2-13,15,23H,14H2,1H3;1-5H,(H,12,13). The third kappa shape index (κ3) is 4.90. The van der Waals surface area contributed by atoms with Crippen molar-refractivity contribution in [2.45, 2.75) is 19.3 Å². The van der Waals surface area contributed by atoms with Crippen molar-refractivity contribution in [3.05, 3.63) is 132 Å². The molecule has 6 aromatic rings. The average Bonchev–Trinajstić information content (AvgIpc) is 3.02. The predicted molar refractivity (Wildman–Crippen MR) is 159 cm³/mol. The highest BCUT2D eigenvalue weighted by atomic mass is 19.1. The van der Waals surface area contributed by atoms with Gasteiger partial charge in [-0.2, -0.15) is 0 Å². The zero-order valence-corrected chi connectivity index (χ0v) is 22.6. The Morgan fingerprint density at radius 2 is 1.62 bits per heavy atom. The fourth-order valence-corrected chi connectivity index (χ4v) is 5.67. The fraction of sp³-hybridized carbons (Fsp3) is 0.114. The van der Waals surface area contributed by atoms with Crippen molar-refractivity contribution >= 4 is 50.0 Å². The van der Waals surface area contributed by atoms with E-state index in [9.17, 15) is 18.8 Å². The molecule has 5 aromatic carbocycles. The van der Waals surface area contributed by atoms with Crippen LogP contribution in [0.25, 0.3) is 32.4 Å². The molecule has 0 aliphatic heterocycles. The second kappa shape index (κ2) is 10.9. The topological polar surface area (TPSA) is 97.2 Å². The number of carbonyl (C=O) groups is 3. The normalized spacial score (nSPS) is 16.2. The number of benzene rings is 5. The van der Waals surface area contributed by atoms with Gasteiger partial charge in [-0.25, -0.2) is 19.2 Å². The lowest BCUT2D eigenvalue weighted by molar-refractivity contribution is -0.122. The number of aromatic carboxylic acids is 1. The van der Waals surface area contributed by atoms with Gasteiger partial charge in [0.2, 0.25) is 0 Å². The van der Waals surface area contributed by atoms with Gasteiger partial charge in [-0.1, -0.05) is 67.6 Å². The predicted octanol–water partition coefficient (Wildman–Crippen LogP) is 7.19. The molecule has 2 atom stereocenters. The van der Waals surface area contributed by atoms with Crippen LogP contribution in [0.2, 0.25) is 0 Å². The molecule has 1 aromatic heterocycles. The first-order valence-corrected chi connectivity index (χ1v) is 13.5. The van der Waals surface area contributed by atoms with Crippen LogP contribution in [0.1, 0.15) is 44.7 Å². The number of fused-ring (bicyclic) bond motifs is 6. The Kier molecular flexibility index (Phi) is 7.00. The van der Waals surface area contributed by atoms with Crippen LogP contribution >= 0.6 is 0 Å². The minimum atomic E-state index is -0.939. The zero-order chi connectivity index (χ0) is 29.4. The van der Waals surface area contributed by atoms with Gasteiger partial charge in [-0.15, -0.1) is 0 Å². The molecule has 7 heteroatoms. The highest BCUT2D eigenvalue weighted by Crippen LogP contribution is 2.39. The second-order valence-corrected chi connectivity index (χ2v) is 10.4. The molecule has 42 heavy (non-hydrogen) atoms. The molecule has 1 aliphatic carbocycles. The molecule has 0 fully saturated rings. The fourth-order valence-electron chi connectivity index (χ4n) is 5.67. The number of halogens is 1. The van der Waals surface area contributed by atoms with Crippen molar-refractivity contribution in [1.82, 2.24) is 9.97 Å². The number of nitrogens with zero attached hydrogens (tertiary/aromatic N) is 2. The summed E-state index contributed by atoms with van der Waals surface area (Å²) >= 11 is 0. The largest absolute Gasteiger partial charge is 0.478 e. The molecular weight excluding hydrogens is 531 g/mol. The number of ketones is 2. The quantitative estimate of drug-likeness (QED) is 0.183. The van der Waals surface area contributed by atoms with Gasteiger partial charge in [0.05, 0.1) is 17.0 Å². The highest BCUT2D eigenvalue weighted by molar-refractivity contribution is 6.24. The summed E-state index contributed by atoms with van der Waals surface area (Å²) in [5.74, 6) is -2.54. The molecule has 0 spiro atoms. The van der Waals surface area contributed by atoms with Crippen LogP contribution in [0.3, 0.4) is 0 Å². The molecule has 0 saturated carbocycles. The molecule has 0 bridgehead atoms. The van der Waals surface area contributed by atoms with E-state index in [4.69, 9.17) is 5.11 Å². The Labute approximate surface area is 240 Å². The summed E-state index contributed by atoms with van der Waals surface area (Å²) in [5, 5.41) is 13.6. The van der Waals surface area contributed by atoms with E-state index in [1.165, 1.54) is 24.5 Å². The van der Waals surface area contributed by atoms with Crippen molar-refractivity contribution in [2.24, 2.45) is 5.92 Å². The van der Waals surface area contributed by atoms with Crippen LogP contribution in [-0.2, 0) is 11.2 Å². The summed E-state index contributed by atoms with van der Waals surface area (Å²) in [4.78, 5) is 44.9. The lowest BCUT2D eigenvalue weighted by Crippen LogP contribution is -2.35. The molecule has 7 rings (SSSR count). The van der Waals surface area contributed by atoms with E-state index < -0.39 is 11.9 Å². The number of hydrogen-bond donors (Lipinski definition) is 1. The van der Waals surface area contributed by atoms with E-state index in [2.05, 4.69) is 22.1 Å². The minimum absolute atomic E-state index is 0.0630. The van der Waals surface area contributed by atoms with E-state index in [-0.39, 0.29) is 28.9 Å². The van der Waals surface area contributed by atoms with Gasteiger partial charge >= 0.3 is 5.97 Å². The highest BCUT2D eigenvalue weighted by Gasteiger charge is 2.39. The summed E-state index contributed by atoms with van der Waals surface area (Å²) in [7, 11) is 0. The van der Waals surface area contributed by atoms with Gasteiger partial charge in [0.25, 0.3) is 0 Å². The molecule has 0 amide bonds. The minimum Gasteiger partial charge on any atom is -0.478 e. The van der Waals surface area contributed by atoms with Gasteiger partial charge in [-0.05, 0) is 69.4 Å². The van der Waals surface area contributed by atoms with Gasteiger partial charge in [0, 0.05) is 23.1 Å². The van der Waals surface area contributed by atoms with Crippen molar-refractivity contribution in [2.75, 3.05) is 0 Å². The van der Waals surface area contributed by atoms with Gasteiger partial charge < -0.3 is 5.11 Å². The second-order valence-electron chi connectivity index (χ2n) is 10.4. The summed E-state index contributed by atoms with van der Waals surface area (Å²) in [6.07, 6.45) is 3.32. The molecular formula is C35H25FN2O4. The van der Waals surface area contributed by atoms with E-state index in [0.29, 0.717) is 12.0 Å². The lowest BCUT2D eigenvalue weighted by Gasteiger charge is -2.28. The first kappa shape index (κ1) is 26.9. The van der Waals surface area contributed by atoms with Crippen molar-refractivity contribution in [1.29, 1.82) is 0 Å². The van der Waals surface area contributed by atoms with E-state index in [1.54, 1.807) is 30.5 Å². The smallest absolute Gasteiger partial charge is 0.335 e. The molecule has 1 N–H and O–H groups in total. The third-order valence-corrected chi connectivity index (χ3v) is 7.86. The van der Waals surface area contributed by atoms with Crippen molar-refractivity contribution in [3.63, 3.8) is 0 Å². The Balaban J connectivity index is 0.000000203. The summed E-state index contributed by atoms with van der Waals surface area (Å²) in [6, 6.07) is 26.8. The number of carboxylic acid groups (broad SMARTS) is 1. The number of carbonyl (C=O) groups excluding carboxylic acids is 2. The van der Waals surface area contributed by atoms with Crippen LogP contribution < -0.4 is 0 Å². The third-order valence-electron chi connectivity index (χ3n) is 7.86. The molecule has 1 aliphatic rings. The Bertz CT molecular complexity index is 2020. The number of carboxylic acids is 1. The van der Waals surface area contributed by atoms with Crippen molar-refractivity contribution < 1.29 is 23.9 Å². The van der Waals surface area contributed by atoms with Gasteiger partial charge in [0.15, 0.2) is 11.6 Å². The first-order valence-electron chi connectivity index (χ1n) is 13.5. The summed E-state index contributed by atoms with van der Waals surface area (Å²) in [5.41, 5.74) is 3.26. The zero-order valence-electron chi connectivity index (χ0n) is 22.6. The summed E-state index contributed by atoms with van der Waals surface area (Å²) in [6.45, 7) is 1.87. The van der Waals surface area contributed by atoms with Crippen LogP contribution in [0.5, 0.6) is 0 Å². The van der Waals surface area contributed by atoms with Crippen LogP contribution in [0.4, 0.5) is 4.39 Å². The van der Waals surface area contributed by atoms with Gasteiger partial charge in [0.1, 0.15) is 12.1 Å².